The van der Waals surface area contributed by atoms with Gasteiger partial charge in [-0.05, 0) is 70.4 Å². The van der Waals surface area contributed by atoms with Gasteiger partial charge in [0, 0.05) is 58.7 Å². The number of fused-ring (bicyclic) bond motifs is 12. The molecule has 0 radical (unpaired) electrons. The van der Waals surface area contributed by atoms with Crippen molar-refractivity contribution < 1.29 is 4.74 Å². The number of hydrogen-bond donors (Lipinski definition) is 0. The maximum Gasteiger partial charge on any atom is 0.136 e. The molecule has 0 spiro atoms. The molecular weight excluding hydrogens is 647 g/mol. The van der Waals surface area contributed by atoms with E-state index in [1.54, 1.807) is 0 Å². The average molecular weight is 676 g/mol. The van der Waals surface area contributed by atoms with Crippen LogP contribution < -0.4 is 9.64 Å². The van der Waals surface area contributed by atoms with Crippen LogP contribution in [0.2, 0.25) is 0 Å². The van der Waals surface area contributed by atoms with Crippen LogP contribution in [0.4, 0.5) is 11.4 Å². The summed E-state index contributed by atoms with van der Waals surface area (Å²) in [4.78, 5) is 3.76. The summed E-state index contributed by atoms with van der Waals surface area (Å²) in [5, 5.41) is 6.53. The van der Waals surface area contributed by atoms with E-state index in [1.807, 2.05) is 22.7 Å². The lowest BCUT2D eigenvalue weighted by Crippen LogP contribution is -2.22. The molecule has 0 saturated carbocycles. The first-order chi connectivity index (χ1) is 24.8. The van der Waals surface area contributed by atoms with Gasteiger partial charge < -0.3 is 9.64 Å². The summed E-state index contributed by atoms with van der Waals surface area (Å²) in [5.74, 6) is 1.09. The Bertz CT molecular complexity index is 2810. The quantitative estimate of drug-likeness (QED) is 0.184. The molecule has 1 aliphatic carbocycles. The molecule has 2 aliphatic rings. The number of hydrogen-bond acceptors (Lipinski definition) is 4. The lowest BCUT2D eigenvalue weighted by atomic mass is 9.84. The number of thiophene rings is 2. The van der Waals surface area contributed by atoms with Crippen LogP contribution >= 0.6 is 22.7 Å². The molecule has 3 heterocycles. The minimum absolute atomic E-state index is 0.0528. The molecule has 50 heavy (non-hydrogen) atoms. The summed E-state index contributed by atoms with van der Waals surface area (Å²) in [5.41, 5.74) is 8.47. The van der Waals surface area contributed by atoms with Crippen LogP contribution in [0, 0.1) is 0 Å². The summed E-state index contributed by atoms with van der Waals surface area (Å²) in [6.07, 6.45) is 2.42. The zero-order chi connectivity index (χ0) is 32.8. The van der Waals surface area contributed by atoms with Crippen molar-refractivity contribution in [1.29, 1.82) is 0 Å². The normalized spacial score (nSPS) is 16.3. The van der Waals surface area contributed by atoms with Crippen molar-refractivity contribution in [2.75, 3.05) is 4.90 Å². The third-order valence-corrected chi connectivity index (χ3v) is 12.8. The third-order valence-electron chi connectivity index (χ3n) is 10.4. The molecule has 236 valence electrons. The second-order valence-electron chi connectivity index (χ2n) is 13.2. The fourth-order valence-corrected chi connectivity index (χ4v) is 10.6. The molecule has 0 saturated heterocycles. The number of ether oxygens (including phenoxy) is 1. The molecule has 2 atom stereocenters. The zero-order valence-corrected chi connectivity index (χ0v) is 28.5. The van der Waals surface area contributed by atoms with E-state index < -0.39 is 0 Å². The van der Waals surface area contributed by atoms with Crippen molar-refractivity contribution >= 4 is 80.8 Å². The van der Waals surface area contributed by atoms with Gasteiger partial charge in [-0.1, -0.05) is 115 Å². The molecule has 0 amide bonds. The van der Waals surface area contributed by atoms with Gasteiger partial charge in [0.25, 0.3) is 0 Å². The third kappa shape index (κ3) is 4.19. The number of rotatable bonds is 4. The van der Waals surface area contributed by atoms with Gasteiger partial charge in [-0.15, -0.1) is 22.7 Å². The predicted molar refractivity (Wildman–Crippen MR) is 213 cm³/mol. The minimum Gasteiger partial charge on any atom is -0.484 e. The highest BCUT2D eigenvalue weighted by Crippen LogP contribution is 2.57. The first kappa shape index (κ1) is 28.2. The number of nitrogens with zero attached hydrogens (tertiary/aromatic N) is 1. The molecule has 11 rings (SSSR count). The Morgan fingerprint density at radius 3 is 2.16 bits per heavy atom. The van der Waals surface area contributed by atoms with Crippen LogP contribution in [-0.2, 0) is 0 Å². The summed E-state index contributed by atoms with van der Waals surface area (Å²) in [7, 11) is 0. The maximum atomic E-state index is 6.78. The first-order valence-corrected chi connectivity index (χ1v) is 18.7. The standard InChI is InChI=1S/C46H29NOS2/c1-2-10-28(11-3-1)29-18-21-31(22-19-29)47(32-23-24-36-42(26-32)49-41-25-20-30-12-4-5-13-33(30)43(36)41)38-27-37-34-14-6-8-16-39(34)48-45(37)44-35-15-7-9-17-40(35)50-46(38)44/h1-27,37,45H. The van der Waals surface area contributed by atoms with Gasteiger partial charge >= 0.3 is 0 Å². The number of para-hydroxylation sites is 1. The van der Waals surface area contributed by atoms with E-state index in [0.717, 1.165) is 17.1 Å². The van der Waals surface area contributed by atoms with E-state index in [1.165, 1.54) is 73.9 Å². The van der Waals surface area contributed by atoms with E-state index in [4.69, 9.17) is 4.74 Å². The average Bonchev–Trinajstić information content (AvgIpc) is 3.87. The summed E-state index contributed by atoms with van der Waals surface area (Å²) in [6.45, 7) is 0. The molecule has 4 heteroatoms. The molecule has 0 N–H and O–H groups in total. The van der Waals surface area contributed by atoms with Gasteiger partial charge in [-0.3, -0.25) is 0 Å². The SMILES string of the molecule is C1=C(N(c2ccc(-c3ccccc3)cc2)c2ccc3c(c2)sc2ccc4ccccc4c23)c2sc3ccccc3c2C2Oc3ccccc3C12. The molecule has 2 nitrogen and oxygen atoms in total. The lowest BCUT2D eigenvalue weighted by molar-refractivity contribution is 0.225. The van der Waals surface area contributed by atoms with Crippen LogP contribution in [0.3, 0.4) is 0 Å². The van der Waals surface area contributed by atoms with Crippen molar-refractivity contribution in [1.82, 2.24) is 0 Å². The summed E-state index contributed by atoms with van der Waals surface area (Å²) in [6, 6.07) is 57.5. The van der Waals surface area contributed by atoms with Crippen LogP contribution in [0.1, 0.15) is 28.0 Å². The van der Waals surface area contributed by atoms with Gasteiger partial charge in [0.1, 0.15) is 11.9 Å². The van der Waals surface area contributed by atoms with E-state index in [-0.39, 0.29) is 12.0 Å². The fourth-order valence-electron chi connectivity index (χ4n) is 8.15. The van der Waals surface area contributed by atoms with Crippen LogP contribution in [0.25, 0.3) is 57.9 Å². The Morgan fingerprint density at radius 2 is 1.26 bits per heavy atom. The smallest absolute Gasteiger partial charge is 0.136 e. The van der Waals surface area contributed by atoms with Gasteiger partial charge in [-0.2, -0.15) is 0 Å². The number of benzene rings is 7. The summed E-state index contributed by atoms with van der Waals surface area (Å²) >= 11 is 3.76. The van der Waals surface area contributed by atoms with Gasteiger partial charge in [0.2, 0.25) is 0 Å². The van der Waals surface area contributed by atoms with E-state index >= 15 is 0 Å². The molecule has 0 bridgehead atoms. The Labute approximate surface area is 297 Å². The molecule has 2 aromatic heterocycles. The summed E-state index contributed by atoms with van der Waals surface area (Å²) < 4.78 is 10.7. The van der Waals surface area contributed by atoms with Crippen LogP contribution in [0.15, 0.2) is 164 Å². The van der Waals surface area contributed by atoms with E-state index in [0.29, 0.717) is 0 Å². The molecule has 9 aromatic rings. The van der Waals surface area contributed by atoms with Gasteiger partial charge in [0.05, 0.1) is 10.6 Å². The van der Waals surface area contributed by atoms with Crippen LogP contribution in [0.5, 0.6) is 5.75 Å². The van der Waals surface area contributed by atoms with Crippen molar-refractivity contribution in [3.05, 3.63) is 180 Å². The van der Waals surface area contributed by atoms with Crippen molar-refractivity contribution in [3.63, 3.8) is 0 Å². The highest BCUT2D eigenvalue weighted by Gasteiger charge is 2.42. The number of anilines is 2. The second kappa shape index (κ2) is 10.9. The Morgan fingerprint density at radius 1 is 0.520 bits per heavy atom. The minimum atomic E-state index is -0.0528. The second-order valence-corrected chi connectivity index (χ2v) is 15.3. The van der Waals surface area contributed by atoms with Crippen LogP contribution in [-0.4, -0.2) is 0 Å². The highest BCUT2D eigenvalue weighted by molar-refractivity contribution is 7.26. The Balaban J connectivity index is 1.16. The van der Waals surface area contributed by atoms with Gasteiger partial charge in [-0.25, -0.2) is 0 Å². The molecular formula is C46H29NOS2. The Kier molecular flexibility index (Phi) is 6.15. The van der Waals surface area contributed by atoms with Crippen molar-refractivity contribution in [2.45, 2.75) is 12.0 Å². The first-order valence-electron chi connectivity index (χ1n) is 17.1. The monoisotopic (exact) mass is 675 g/mol. The van der Waals surface area contributed by atoms with E-state index in [2.05, 4.69) is 169 Å². The molecule has 0 fully saturated rings. The largest absolute Gasteiger partial charge is 0.484 e. The highest BCUT2D eigenvalue weighted by atomic mass is 32.1. The van der Waals surface area contributed by atoms with Crippen molar-refractivity contribution in [3.8, 4) is 16.9 Å². The predicted octanol–water partition coefficient (Wildman–Crippen LogP) is 13.5. The fraction of sp³-hybridized carbons (Fsp3) is 0.0435. The maximum absolute atomic E-state index is 6.78. The zero-order valence-electron chi connectivity index (χ0n) is 26.9. The Hall–Kier alpha value is -5.68. The molecule has 7 aromatic carbocycles. The molecule has 1 aliphatic heterocycles. The van der Waals surface area contributed by atoms with E-state index in [9.17, 15) is 0 Å². The topological polar surface area (TPSA) is 12.5 Å². The molecule has 2 unspecified atom stereocenters. The van der Waals surface area contributed by atoms with Crippen molar-refractivity contribution in [2.24, 2.45) is 0 Å². The van der Waals surface area contributed by atoms with Gasteiger partial charge in [0.15, 0.2) is 0 Å². The lowest BCUT2D eigenvalue weighted by Gasteiger charge is -2.33.